The lowest BCUT2D eigenvalue weighted by Crippen LogP contribution is -2.16. The summed E-state index contributed by atoms with van der Waals surface area (Å²) in [5.74, 6) is 0. The van der Waals surface area contributed by atoms with E-state index in [1.54, 1.807) is 0 Å². The first-order chi connectivity index (χ1) is 9.12. The molecule has 2 unspecified atom stereocenters. The minimum atomic E-state index is -2.96. The molecule has 0 saturated heterocycles. The molecule has 0 aromatic rings. The van der Waals surface area contributed by atoms with Gasteiger partial charge in [0, 0.05) is 12.5 Å². The van der Waals surface area contributed by atoms with E-state index < -0.39 is 19.7 Å². The third-order valence-corrected chi connectivity index (χ3v) is 10.3. The van der Waals surface area contributed by atoms with Crippen LogP contribution < -0.4 is 0 Å². The van der Waals surface area contributed by atoms with Crippen LogP contribution in [0.2, 0.25) is 0 Å². The van der Waals surface area contributed by atoms with Crippen molar-refractivity contribution in [3.05, 3.63) is 0 Å². The molecular formula is C12H26O4S4. The quantitative estimate of drug-likeness (QED) is 0.527. The smallest absolute Gasteiger partial charge is 0.159 e. The molecule has 0 heterocycles. The summed E-state index contributed by atoms with van der Waals surface area (Å²) < 4.78 is 45.1. The third-order valence-electron chi connectivity index (χ3n) is 3.11. The predicted molar refractivity (Wildman–Crippen MR) is 92.0 cm³/mol. The Morgan fingerprint density at radius 2 is 1.00 bits per heavy atom. The van der Waals surface area contributed by atoms with Crippen molar-refractivity contribution in [2.75, 3.05) is 25.0 Å². The van der Waals surface area contributed by atoms with Crippen molar-refractivity contribution in [2.45, 2.75) is 47.7 Å². The van der Waals surface area contributed by atoms with Gasteiger partial charge < -0.3 is 0 Å². The molecule has 0 rings (SSSR count). The summed E-state index contributed by atoms with van der Waals surface area (Å²) in [5, 5.41) is 0. The maximum Gasteiger partial charge on any atom is 0.159 e. The zero-order valence-corrected chi connectivity index (χ0v) is 15.9. The molecule has 0 aromatic carbocycles. The lowest BCUT2D eigenvalue weighted by atomic mass is 10.1. The van der Waals surface area contributed by atoms with Gasteiger partial charge in [-0.25, -0.2) is 16.8 Å². The van der Waals surface area contributed by atoms with Gasteiger partial charge in [-0.3, -0.25) is 0 Å². The molecule has 0 saturated carbocycles. The van der Waals surface area contributed by atoms with Crippen molar-refractivity contribution in [1.82, 2.24) is 0 Å². The Labute approximate surface area is 132 Å². The van der Waals surface area contributed by atoms with Crippen LogP contribution in [0.1, 0.15) is 38.5 Å². The van der Waals surface area contributed by atoms with Crippen LogP contribution in [0.4, 0.5) is 0 Å². The maximum absolute atomic E-state index is 11.4. The topological polar surface area (TPSA) is 68.3 Å². The van der Waals surface area contributed by atoms with Crippen molar-refractivity contribution in [3.8, 4) is 0 Å². The summed E-state index contributed by atoms with van der Waals surface area (Å²) in [6.45, 7) is 0. The largest absolute Gasteiger partial charge is 0.228 e. The van der Waals surface area contributed by atoms with Crippen LogP contribution in [-0.2, 0) is 19.7 Å². The summed E-state index contributed by atoms with van der Waals surface area (Å²) >= 11 is 2.76. The standard InChI is InChI=1S/C12H26O4S4/c1-17-11(19(3,13)14)9-7-5-6-8-10-12(18-2)20(4,15)16/h11-12H,5-10H2,1-4H3. The van der Waals surface area contributed by atoms with Crippen molar-refractivity contribution in [3.63, 3.8) is 0 Å². The molecule has 0 aliphatic rings. The molecule has 0 radical (unpaired) electrons. The Morgan fingerprint density at radius 3 is 1.20 bits per heavy atom. The predicted octanol–water partition coefficient (Wildman–Crippen LogP) is 2.79. The molecule has 0 amide bonds. The molecular weight excluding hydrogens is 336 g/mol. The first kappa shape index (κ1) is 20.6. The summed E-state index contributed by atoms with van der Waals surface area (Å²) in [7, 11) is -5.93. The molecule has 0 fully saturated rings. The van der Waals surface area contributed by atoms with Crippen LogP contribution in [0.5, 0.6) is 0 Å². The summed E-state index contributed by atoms with van der Waals surface area (Å²) in [4.78, 5) is 0. The third kappa shape index (κ3) is 8.79. The minimum Gasteiger partial charge on any atom is -0.228 e. The van der Waals surface area contributed by atoms with Gasteiger partial charge in [0.15, 0.2) is 19.7 Å². The number of thioether (sulfide) groups is 2. The fraction of sp³-hybridized carbons (Fsp3) is 1.00. The van der Waals surface area contributed by atoms with Crippen molar-refractivity contribution >= 4 is 43.2 Å². The van der Waals surface area contributed by atoms with Gasteiger partial charge in [0.2, 0.25) is 0 Å². The van der Waals surface area contributed by atoms with Gasteiger partial charge in [-0.2, -0.15) is 0 Å². The van der Waals surface area contributed by atoms with Gasteiger partial charge in [-0.1, -0.05) is 25.7 Å². The van der Waals surface area contributed by atoms with E-state index in [1.165, 1.54) is 36.0 Å². The van der Waals surface area contributed by atoms with Crippen LogP contribution in [0.3, 0.4) is 0 Å². The summed E-state index contributed by atoms with van der Waals surface area (Å²) in [6, 6.07) is 0. The zero-order chi connectivity index (χ0) is 15.8. The molecule has 2 atom stereocenters. The second-order valence-electron chi connectivity index (χ2n) is 4.98. The lowest BCUT2D eigenvalue weighted by molar-refractivity contribution is 0.573. The van der Waals surface area contributed by atoms with Crippen LogP contribution in [0.25, 0.3) is 0 Å². The van der Waals surface area contributed by atoms with Gasteiger partial charge >= 0.3 is 0 Å². The molecule has 0 bridgehead atoms. The SMILES string of the molecule is CSC(CCCCCCC(SC)S(C)(=O)=O)S(C)(=O)=O. The molecule has 122 valence electrons. The Bertz CT molecular complexity index is 412. The van der Waals surface area contributed by atoms with Crippen molar-refractivity contribution in [2.24, 2.45) is 0 Å². The zero-order valence-electron chi connectivity index (χ0n) is 12.7. The number of hydrogen-bond acceptors (Lipinski definition) is 6. The number of rotatable bonds is 11. The van der Waals surface area contributed by atoms with E-state index in [9.17, 15) is 16.8 Å². The lowest BCUT2D eigenvalue weighted by Gasteiger charge is -2.13. The first-order valence-corrected chi connectivity index (χ1v) is 13.0. The van der Waals surface area contributed by atoms with Gasteiger partial charge in [0.05, 0.1) is 0 Å². The van der Waals surface area contributed by atoms with Crippen LogP contribution in [0.15, 0.2) is 0 Å². The second-order valence-corrected chi connectivity index (χ2v) is 12.1. The van der Waals surface area contributed by atoms with E-state index in [0.29, 0.717) is 12.8 Å². The van der Waals surface area contributed by atoms with Crippen molar-refractivity contribution in [1.29, 1.82) is 0 Å². The number of unbranched alkanes of at least 4 members (excludes halogenated alkanes) is 3. The minimum absolute atomic E-state index is 0.308. The average Bonchev–Trinajstić information content (AvgIpc) is 2.29. The van der Waals surface area contributed by atoms with Crippen molar-refractivity contribution < 1.29 is 16.8 Å². The highest BCUT2D eigenvalue weighted by Gasteiger charge is 2.19. The molecule has 8 heteroatoms. The highest BCUT2D eigenvalue weighted by Crippen LogP contribution is 2.23. The Hall–Kier alpha value is 0.600. The van der Waals surface area contributed by atoms with E-state index >= 15 is 0 Å². The number of hydrogen-bond donors (Lipinski definition) is 0. The Kier molecular flexibility index (Phi) is 9.87. The fourth-order valence-electron chi connectivity index (χ4n) is 1.99. The van der Waals surface area contributed by atoms with Gasteiger partial charge in [0.25, 0.3) is 0 Å². The monoisotopic (exact) mass is 362 g/mol. The van der Waals surface area contributed by atoms with Crippen LogP contribution in [0, 0.1) is 0 Å². The summed E-state index contributed by atoms with van der Waals surface area (Å²) in [5.41, 5.74) is 0. The fourth-order valence-corrected chi connectivity index (χ4v) is 6.78. The average molecular weight is 363 g/mol. The van der Waals surface area contributed by atoms with E-state index in [2.05, 4.69) is 0 Å². The second kappa shape index (κ2) is 9.58. The van der Waals surface area contributed by atoms with E-state index in [-0.39, 0.29) is 9.16 Å². The highest BCUT2D eigenvalue weighted by atomic mass is 32.3. The van der Waals surface area contributed by atoms with Gasteiger partial charge in [0.1, 0.15) is 9.16 Å². The van der Waals surface area contributed by atoms with Crippen LogP contribution in [-0.4, -0.2) is 51.0 Å². The van der Waals surface area contributed by atoms with E-state index in [0.717, 1.165) is 25.7 Å². The molecule has 4 nitrogen and oxygen atoms in total. The highest BCUT2D eigenvalue weighted by molar-refractivity contribution is 8.13. The first-order valence-electron chi connectivity index (χ1n) is 6.56. The summed E-state index contributed by atoms with van der Waals surface area (Å²) in [6.07, 6.45) is 11.2. The molecule has 0 N–H and O–H groups in total. The van der Waals surface area contributed by atoms with Crippen LogP contribution >= 0.6 is 23.5 Å². The van der Waals surface area contributed by atoms with Gasteiger partial charge in [-0.15, -0.1) is 23.5 Å². The van der Waals surface area contributed by atoms with E-state index in [4.69, 9.17) is 0 Å². The normalized spacial score (nSPS) is 16.0. The Morgan fingerprint density at radius 1 is 0.700 bits per heavy atom. The van der Waals surface area contributed by atoms with Gasteiger partial charge in [-0.05, 0) is 25.4 Å². The maximum atomic E-state index is 11.4. The molecule has 0 spiro atoms. The number of sulfone groups is 2. The molecule has 0 aliphatic heterocycles. The van der Waals surface area contributed by atoms with E-state index in [1.807, 2.05) is 12.5 Å². The Balaban J connectivity index is 3.88. The molecule has 20 heavy (non-hydrogen) atoms. The molecule has 0 aliphatic carbocycles. The molecule has 0 aromatic heterocycles.